The molecule has 130 valence electrons. The van der Waals surface area contributed by atoms with Crippen molar-refractivity contribution in [1.82, 2.24) is 5.32 Å². The molecule has 0 unspecified atom stereocenters. The van der Waals surface area contributed by atoms with Gasteiger partial charge in [-0.05, 0) is 48.6 Å². The third kappa shape index (κ3) is 3.24. The minimum Gasteiger partial charge on any atom is -0.352 e. The molecule has 0 amide bonds. The fraction of sp³-hybridized carbons (Fsp3) is 0.400. The van der Waals surface area contributed by atoms with Crippen molar-refractivity contribution >= 4 is 11.4 Å². The van der Waals surface area contributed by atoms with Gasteiger partial charge in [-0.25, -0.2) is 0 Å². The van der Waals surface area contributed by atoms with E-state index in [-0.39, 0.29) is 16.8 Å². The SMILES string of the molecule is O=[N+]([O-])c1ccc([C@H]2N[C@@H]3CCCC[C@H]3CN2c2ccccc2)cc1. The van der Waals surface area contributed by atoms with Gasteiger partial charge in [-0.1, -0.05) is 31.0 Å². The molecular formula is C20H23N3O2. The summed E-state index contributed by atoms with van der Waals surface area (Å²) >= 11 is 0. The highest BCUT2D eigenvalue weighted by molar-refractivity contribution is 5.50. The number of benzene rings is 2. The largest absolute Gasteiger partial charge is 0.352 e. The van der Waals surface area contributed by atoms with Gasteiger partial charge in [0.25, 0.3) is 5.69 Å². The molecule has 0 radical (unpaired) electrons. The lowest BCUT2D eigenvalue weighted by Gasteiger charge is -2.48. The Morgan fingerprint density at radius 3 is 2.44 bits per heavy atom. The van der Waals surface area contributed by atoms with Crippen LogP contribution in [0.4, 0.5) is 11.4 Å². The summed E-state index contributed by atoms with van der Waals surface area (Å²) in [6.07, 6.45) is 5.15. The third-order valence-electron chi connectivity index (χ3n) is 5.53. The van der Waals surface area contributed by atoms with E-state index in [2.05, 4.69) is 34.5 Å². The van der Waals surface area contributed by atoms with Gasteiger partial charge in [-0.3, -0.25) is 15.4 Å². The van der Waals surface area contributed by atoms with Gasteiger partial charge in [0.15, 0.2) is 0 Å². The van der Waals surface area contributed by atoms with Gasteiger partial charge in [0.1, 0.15) is 6.17 Å². The van der Waals surface area contributed by atoms with Crippen LogP contribution in [-0.4, -0.2) is 17.5 Å². The summed E-state index contributed by atoms with van der Waals surface area (Å²) in [4.78, 5) is 13.0. The number of rotatable bonds is 3. The second-order valence-corrected chi connectivity index (χ2v) is 7.06. The van der Waals surface area contributed by atoms with Crippen molar-refractivity contribution in [2.75, 3.05) is 11.4 Å². The van der Waals surface area contributed by atoms with E-state index in [1.807, 2.05) is 18.2 Å². The predicted molar refractivity (Wildman–Crippen MR) is 98.5 cm³/mol. The monoisotopic (exact) mass is 337 g/mol. The van der Waals surface area contributed by atoms with Crippen molar-refractivity contribution in [3.05, 3.63) is 70.3 Å². The van der Waals surface area contributed by atoms with Crippen LogP contribution < -0.4 is 10.2 Å². The van der Waals surface area contributed by atoms with E-state index in [9.17, 15) is 10.1 Å². The third-order valence-corrected chi connectivity index (χ3v) is 5.53. The number of nitro benzene ring substituents is 1. The average molecular weight is 337 g/mol. The Morgan fingerprint density at radius 1 is 1.00 bits per heavy atom. The highest BCUT2D eigenvalue weighted by Crippen LogP contribution is 2.37. The number of hydrogen-bond donors (Lipinski definition) is 1. The van der Waals surface area contributed by atoms with Crippen LogP contribution >= 0.6 is 0 Å². The minimum absolute atomic E-state index is 0.0579. The highest BCUT2D eigenvalue weighted by atomic mass is 16.6. The van der Waals surface area contributed by atoms with E-state index >= 15 is 0 Å². The number of para-hydroxylation sites is 1. The molecule has 4 rings (SSSR count). The summed E-state index contributed by atoms with van der Waals surface area (Å²) in [7, 11) is 0. The Bertz CT molecular complexity index is 732. The fourth-order valence-corrected chi connectivity index (χ4v) is 4.22. The van der Waals surface area contributed by atoms with E-state index in [0.717, 1.165) is 12.1 Å². The van der Waals surface area contributed by atoms with E-state index < -0.39 is 0 Å². The summed E-state index contributed by atoms with van der Waals surface area (Å²) < 4.78 is 0. The van der Waals surface area contributed by atoms with Gasteiger partial charge in [-0.15, -0.1) is 0 Å². The molecule has 1 aliphatic heterocycles. The number of non-ortho nitro benzene ring substituents is 1. The number of nitrogens with zero attached hydrogens (tertiary/aromatic N) is 2. The fourth-order valence-electron chi connectivity index (χ4n) is 4.22. The van der Waals surface area contributed by atoms with E-state index in [0.29, 0.717) is 12.0 Å². The van der Waals surface area contributed by atoms with Crippen LogP contribution in [0.25, 0.3) is 0 Å². The van der Waals surface area contributed by atoms with Crippen molar-refractivity contribution < 1.29 is 4.92 Å². The molecule has 1 saturated heterocycles. The molecule has 1 aliphatic carbocycles. The number of anilines is 1. The molecule has 5 nitrogen and oxygen atoms in total. The van der Waals surface area contributed by atoms with Gasteiger partial charge in [0.05, 0.1) is 4.92 Å². The molecule has 0 bridgehead atoms. The van der Waals surface area contributed by atoms with E-state index in [4.69, 9.17) is 0 Å². The smallest absolute Gasteiger partial charge is 0.269 e. The molecule has 25 heavy (non-hydrogen) atoms. The zero-order chi connectivity index (χ0) is 17.2. The molecule has 0 aromatic heterocycles. The molecular weight excluding hydrogens is 314 g/mol. The summed E-state index contributed by atoms with van der Waals surface area (Å²) in [5, 5.41) is 14.8. The molecule has 3 atom stereocenters. The Labute approximate surface area is 147 Å². The van der Waals surface area contributed by atoms with Crippen LogP contribution in [-0.2, 0) is 0 Å². The average Bonchev–Trinajstić information content (AvgIpc) is 2.68. The maximum atomic E-state index is 10.9. The van der Waals surface area contributed by atoms with Gasteiger partial charge < -0.3 is 4.90 Å². The number of hydrogen-bond acceptors (Lipinski definition) is 4. The topological polar surface area (TPSA) is 58.4 Å². The molecule has 1 N–H and O–H groups in total. The first kappa shape index (κ1) is 16.1. The van der Waals surface area contributed by atoms with Crippen LogP contribution in [0.3, 0.4) is 0 Å². The van der Waals surface area contributed by atoms with Crippen LogP contribution in [0.15, 0.2) is 54.6 Å². The summed E-state index contributed by atoms with van der Waals surface area (Å²) in [5.74, 6) is 0.670. The first-order valence-electron chi connectivity index (χ1n) is 9.04. The Hall–Kier alpha value is -2.40. The van der Waals surface area contributed by atoms with Crippen LogP contribution in [0.5, 0.6) is 0 Å². The Morgan fingerprint density at radius 2 is 1.72 bits per heavy atom. The predicted octanol–water partition coefficient (Wildman–Crippen LogP) is 4.26. The van der Waals surface area contributed by atoms with E-state index in [1.165, 1.54) is 31.4 Å². The normalized spacial score (nSPS) is 26.1. The summed E-state index contributed by atoms with van der Waals surface area (Å²) in [5.41, 5.74) is 2.42. The van der Waals surface area contributed by atoms with Gasteiger partial charge in [0.2, 0.25) is 0 Å². The molecule has 0 spiro atoms. The highest BCUT2D eigenvalue weighted by Gasteiger charge is 2.37. The Balaban J connectivity index is 1.67. The minimum atomic E-state index is -0.343. The molecule has 1 heterocycles. The molecule has 2 fully saturated rings. The van der Waals surface area contributed by atoms with Crippen molar-refractivity contribution in [2.45, 2.75) is 37.9 Å². The number of nitro groups is 1. The molecule has 2 aromatic rings. The van der Waals surface area contributed by atoms with Crippen molar-refractivity contribution in [3.63, 3.8) is 0 Å². The van der Waals surface area contributed by atoms with Crippen LogP contribution in [0, 0.1) is 16.0 Å². The quantitative estimate of drug-likeness (QED) is 0.671. The first-order chi connectivity index (χ1) is 12.2. The molecule has 2 aromatic carbocycles. The van der Waals surface area contributed by atoms with Crippen LogP contribution in [0.2, 0.25) is 0 Å². The van der Waals surface area contributed by atoms with Crippen molar-refractivity contribution in [2.24, 2.45) is 5.92 Å². The van der Waals surface area contributed by atoms with Gasteiger partial charge in [0, 0.05) is 30.4 Å². The standard InChI is InChI=1S/C20H23N3O2/c24-23(25)18-12-10-15(11-13-18)20-21-19-9-5-4-6-16(19)14-22(20)17-7-2-1-3-8-17/h1-3,7-8,10-13,16,19-21H,4-6,9,14H2/t16-,19+,20-/m0/s1. The van der Waals surface area contributed by atoms with Crippen molar-refractivity contribution in [1.29, 1.82) is 0 Å². The number of fused-ring (bicyclic) bond motifs is 1. The first-order valence-corrected chi connectivity index (χ1v) is 9.04. The van der Waals surface area contributed by atoms with Gasteiger partial charge >= 0.3 is 0 Å². The maximum Gasteiger partial charge on any atom is 0.269 e. The van der Waals surface area contributed by atoms with Crippen LogP contribution in [0.1, 0.15) is 37.4 Å². The molecule has 5 heteroatoms. The second kappa shape index (κ2) is 6.84. The van der Waals surface area contributed by atoms with Gasteiger partial charge in [-0.2, -0.15) is 0 Å². The number of nitrogens with one attached hydrogen (secondary N) is 1. The maximum absolute atomic E-state index is 10.9. The lowest BCUT2D eigenvalue weighted by atomic mass is 9.81. The zero-order valence-corrected chi connectivity index (χ0v) is 14.2. The summed E-state index contributed by atoms with van der Waals surface area (Å²) in [6.45, 7) is 1.03. The lowest BCUT2D eigenvalue weighted by Crippen LogP contribution is -2.56. The van der Waals surface area contributed by atoms with Crippen molar-refractivity contribution in [3.8, 4) is 0 Å². The molecule has 1 saturated carbocycles. The second-order valence-electron chi connectivity index (χ2n) is 7.06. The lowest BCUT2D eigenvalue weighted by molar-refractivity contribution is -0.384. The Kier molecular flexibility index (Phi) is 4.40. The summed E-state index contributed by atoms with van der Waals surface area (Å²) in [6, 6.07) is 18.0. The molecule has 2 aliphatic rings. The van der Waals surface area contributed by atoms with E-state index in [1.54, 1.807) is 12.1 Å². The zero-order valence-electron chi connectivity index (χ0n) is 14.2.